The second kappa shape index (κ2) is 7.85. The minimum Gasteiger partial charge on any atom is -0.497 e. The number of carbonyl (C=O) groups is 1. The number of fused-ring (bicyclic) bond motifs is 1. The summed E-state index contributed by atoms with van der Waals surface area (Å²) in [5.41, 5.74) is 1.08. The summed E-state index contributed by atoms with van der Waals surface area (Å²) in [4.78, 5) is 14.1. The third-order valence-electron chi connectivity index (χ3n) is 4.40. The molecule has 2 aromatic carbocycles. The maximum atomic E-state index is 12.3. The van der Waals surface area contributed by atoms with E-state index in [1.165, 1.54) is 0 Å². The summed E-state index contributed by atoms with van der Waals surface area (Å²) in [6.07, 6.45) is -0.0541. The van der Waals surface area contributed by atoms with Gasteiger partial charge in [-0.3, -0.25) is 4.79 Å². The Morgan fingerprint density at radius 2 is 2.00 bits per heavy atom. The van der Waals surface area contributed by atoms with Crippen LogP contribution < -0.4 is 4.74 Å². The maximum Gasteiger partial charge on any atom is 0.248 e. The Morgan fingerprint density at radius 3 is 2.76 bits per heavy atom. The van der Waals surface area contributed by atoms with E-state index < -0.39 is 0 Å². The van der Waals surface area contributed by atoms with E-state index in [2.05, 4.69) is 18.2 Å². The predicted octanol–water partition coefficient (Wildman–Crippen LogP) is 3.17. The van der Waals surface area contributed by atoms with E-state index in [0.29, 0.717) is 19.7 Å². The van der Waals surface area contributed by atoms with Gasteiger partial charge in [-0.2, -0.15) is 0 Å². The van der Waals surface area contributed by atoms with Crippen LogP contribution in [-0.4, -0.2) is 50.3 Å². The zero-order valence-electron chi connectivity index (χ0n) is 15.0. The zero-order chi connectivity index (χ0) is 17.8. The predicted molar refractivity (Wildman–Crippen MR) is 96.9 cm³/mol. The lowest BCUT2D eigenvalue weighted by molar-refractivity contribution is -0.145. The summed E-state index contributed by atoms with van der Waals surface area (Å²) in [6, 6.07) is 12.3. The van der Waals surface area contributed by atoms with Crippen molar-refractivity contribution in [1.29, 1.82) is 0 Å². The van der Waals surface area contributed by atoms with Gasteiger partial charge in [0.25, 0.3) is 0 Å². The molecule has 0 unspecified atom stereocenters. The Morgan fingerprint density at radius 1 is 1.24 bits per heavy atom. The molecule has 25 heavy (non-hydrogen) atoms. The van der Waals surface area contributed by atoms with Gasteiger partial charge >= 0.3 is 0 Å². The maximum absolute atomic E-state index is 12.3. The molecule has 1 atom stereocenters. The summed E-state index contributed by atoms with van der Waals surface area (Å²) in [6.45, 7) is 5.70. The molecule has 1 heterocycles. The van der Waals surface area contributed by atoms with Crippen LogP contribution >= 0.6 is 0 Å². The lowest BCUT2D eigenvalue weighted by atomic mass is 10.0. The quantitative estimate of drug-likeness (QED) is 0.837. The molecule has 0 bridgehead atoms. The summed E-state index contributed by atoms with van der Waals surface area (Å²) in [5, 5.41) is 2.26. The molecule has 1 aliphatic rings. The highest BCUT2D eigenvalue weighted by Crippen LogP contribution is 2.27. The zero-order valence-corrected chi connectivity index (χ0v) is 15.0. The molecule has 3 rings (SSSR count). The van der Waals surface area contributed by atoms with Crippen LogP contribution in [0.25, 0.3) is 10.8 Å². The minimum atomic E-state index is -0.108. The highest BCUT2D eigenvalue weighted by molar-refractivity contribution is 5.84. The molecule has 1 saturated heterocycles. The molecule has 0 saturated carbocycles. The number of rotatable bonds is 5. The first kappa shape index (κ1) is 17.7. The van der Waals surface area contributed by atoms with Crippen molar-refractivity contribution in [2.75, 3.05) is 33.4 Å². The van der Waals surface area contributed by atoms with Crippen LogP contribution in [0.15, 0.2) is 36.4 Å². The van der Waals surface area contributed by atoms with Gasteiger partial charge in [0.1, 0.15) is 18.5 Å². The van der Waals surface area contributed by atoms with Crippen LogP contribution in [0, 0.1) is 0 Å². The molecule has 0 aliphatic carbocycles. The average Bonchev–Trinajstić information content (AvgIpc) is 2.65. The number of benzene rings is 2. The Kier molecular flexibility index (Phi) is 5.56. The monoisotopic (exact) mass is 343 g/mol. The number of ether oxygens (including phenoxy) is 3. The van der Waals surface area contributed by atoms with Crippen LogP contribution in [0.1, 0.15) is 25.5 Å². The molecule has 1 amide bonds. The van der Waals surface area contributed by atoms with Gasteiger partial charge in [-0.1, -0.05) is 18.2 Å². The number of carbonyl (C=O) groups excluding carboxylic acids is 1. The van der Waals surface area contributed by atoms with Gasteiger partial charge in [-0.15, -0.1) is 0 Å². The Labute approximate surface area is 148 Å². The van der Waals surface area contributed by atoms with Gasteiger partial charge in [0.15, 0.2) is 0 Å². The van der Waals surface area contributed by atoms with Crippen molar-refractivity contribution in [3.8, 4) is 5.75 Å². The van der Waals surface area contributed by atoms with Crippen LogP contribution in [-0.2, 0) is 14.3 Å². The SMILES string of the molecule is COc1ccc2cc([C@@H]3CN(C(=O)COC(C)C)CCO3)ccc2c1. The van der Waals surface area contributed by atoms with Crippen molar-refractivity contribution < 1.29 is 19.0 Å². The molecule has 134 valence electrons. The molecule has 1 fully saturated rings. The van der Waals surface area contributed by atoms with Gasteiger partial charge in [0.2, 0.25) is 5.91 Å². The van der Waals surface area contributed by atoms with Crippen LogP contribution in [0.5, 0.6) is 5.75 Å². The van der Waals surface area contributed by atoms with Gasteiger partial charge < -0.3 is 19.1 Å². The van der Waals surface area contributed by atoms with Crippen LogP contribution in [0.4, 0.5) is 0 Å². The van der Waals surface area contributed by atoms with Crippen molar-refractivity contribution in [3.63, 3.8) is 0 Å². The molecule has 1 aliphatic heterocycles. The van der Waals surface area contributed by atoms with Crippen molar-refractivity contribution >= 4 is 16.7 Å². The lowest BCUT2D eigenvalue weighted by Gasteiger charge is -2.33. The van der Waals surface area contributed by atoms with Crippen molar-refractivity contribution in [1.82, 2.24) is 4.90 Å². The molecule has 5 nitrogen and oxygen atoms in total. The number of methoxy groups -OCH3 is 1. The molecule has 0 radical (unpaired) electrons. The Balaban J connectivity index is 1.72. The van der Waals surface area contributed by atoms with Crippen LogP contribution in [0.3, 0.4) is 0 Å². The third kappa shape index (κ3) is 4.30. The Hall–Kier alpha value is -2.11. The topological polar surface area (TPSA) is 48.0 Å². The van der Waals surface area contributed by atoms with E-state index in [9.17, 15) is 4.79 Å². The number of morpholine rings is 1. The van der Waals surface area contributed by atoms with E-state index in [-0.39, 0.29) is 24.7 Å². The number of hydrogen-bond acceptors (Lipinski definition) is 4. The van der Waals surface area contributed by atoms with Crippen molar-refractivity contribution in [2.24, 2.45) is 0 Å². The fraction of sp³-hybridized carbons (Fsp3) is 0.450. The van der Waals surface area contributed by atoms with Crippen LogP contribution in [0.2, 0.25) is 0 Å². The number of amides is 1. The molecular weight excluding hydrogens is 318 g/mol. The second-order valence-corrected chi connectivity index (χ2v) is 6.53. The van der Waals surface area contributed by atoms with Gasteiger partial charge in [-0.25, -0.2) is 0 Å². The molecule has 5 heteroatoms. The first-order valence-electron chi connectivity index (χ1n) is 8.65. The summed E-state index contributed by atoms with van der Waals surface area (Å²) >= 11 is 0. The molecule has 0 aromatic heterocycles. The third-order valence-corrected chi connectivity index (χ3v) is 4.40. The van der Waals surface area contributed by atoms with Gasteiger partial charge in [0, 0.05) is 6.54 Å². The fourth-order valence-electron chi connectivity index (χ4n) is 2.98. The highest BCUT2D eigenvalue weighted by atomic mass is 16.5. The summed E-state index contributed by atoms with van der Waals surface area (Å²) in [5.74, 6) is 0.864. The fourth-order valence-corrected chi connectivity index (χ4v) is 2.98. The largest absolute Gasteiger partial charge is 0.497 e. The van der Waals surface area contributed by atoms with Gasteiger partial charge in [-0.05, 0) is 48.4 Å². The van der Waals surface area contributed by atoms with E-state index in [0.717, 1.165) is 22.1 Å². The first-order valence-corrected chi connectivity index (χ1v) is 8.65. The molecule has 0 spiro atoms. The summed E-state index contributed by atoms with van der Waals surface area (Å²) in [7, 11) is 1.67. The van der Waals surface area contributed by atoms with E-state index >= 15 is 0 Å². The minimum absolute atomic E-state index is 0.0209. The van der Waals surface area contributed by atoms with Crippen molar-refractivity contribution in [2.45, 2.75) is 26.1 Å². The standard InChI is InChI=1S/C20H25NO4/c1-14(2)25-13-20(22)21-8-9-24-19(12-21)17-5-4-16-11-18(23-3)7-6-15(16)10-17/h4-7,10-11,14,19H,8-9,12-13H2,1-3H3/t19-/m0/s1. The van der Waals surface area contributed by atoms with Crippen molar-refractivity contribution in [3.05, 3.63) is 42.0 Å². The smallest absolute Gasteiger partial charge is 0.248 e. The first-order chi connectivity index (χ1) is 12.1. The summed E-state index contributed by atoms with van der Waals surface area (Å²) < 4.78 is 16.6. The normalized spacial score (nSPS) is 17.9. The lowest BCUT2D eigenvalue weighted by Crippen LogP contribution is -2.44. The highest BCUT2D eigenvalue weighted by Gasteiger charge is 2.25. The number of hydrogen-bond donors (Lipinski definition) is 0. The van der Waals surface area contributed by atoms with Gasteiger partial charge in [0.05, 0.1) is 26.4 Å². The number of nitrogens with zero attached hydrogens (tertiary/aromatic N) is 1. The molecule has 0 N–H and O–H groups in total. The van der Waals surface area contributed by atoms with E-state index in [1.807, 2.05) is 36.9 Å². The van der Waals surface area contributed by atoms with E-state index in [1.54, 1.807) is 7.11 Å². The Bertz CT molecular complexity index is 744. The molecular formula is C20H25NO4. The van der Waals surface area contributed by atoms with E-state index in [4.69, 9.17) is 14.2 Å². The molecule has 2 aromatic rings. The second-order valence-electron chi connectivity index (χ2n) is 6.53. The average molecular weight is 343 g/mol.